The Morgan fingerprint density at radius 3 is 2.37 bits per heavy atom. The van der Waals surface area contributed by atoms with E-state index in [1.165, 1.54) is 19.2 Å². The van der Waals surface area contributed by atoms with Gasteiger partial charge in [-0.15, -0.1) is 0 Å². The smallest absolute Gasteiger partial charge is 0.416 e. The van der Waals surface area contributed by atoms with Crippen LogP contribution >= 0.6 is 0 Å². The number of alkyl halides is 3. The molecule has 1 aromatic heterocycles. The molecule has 2 aromatic carbocycles. The van der Waals surface area contributed by atoms with Crippen molar-refractivity contribution in [3.05, 3.63) is 65.0 Å². The van der Waals surface area contributed by atoms with Gasteiger partial charge in [-0.1, -0.05) is 12.1 Å². The van der Waals surface area contributed by atoms with E-state index in [-0.39, 0.29) is 6.04 Å². The van der Waals surface area contributed by atoms with Crippen LogP contribution in [0.4, 0.5) is 13.2 Å². The van der Waals surface area contributed by atoms with Crippen LogP contribution in [0.5, 0.6) is 0 Å². The maximum Gasteiger partial charge on any atom is 0.416 e. The Balaban J connectivity index is 2.01. The van der Waals surface area contributed by atoms with Gasteiger partial charge in [-0.25, -0.2) is 9.78 Å². The van der Waals surface area contributed by atoms with E-state index < -0.39 is 17.7 Å². The van der Waals surface area contributed by atoms with Crippen LogP contribution in [0.2, 0.25) is 0 Å². The molecule has 0 aliphatic heterocycles. The van der Waals surface area contributed by atoms with E-state index in [2.05, 4.69) is 4.98 Å². The van der Waals surface area contributed by atoms with Crippen LogP contribution < -0.4 is 0 Å². The fraction of sp³-hybridized carbons (Fsp3) is 0.300. The zero-order chi connectivity index (χ0) is 19.8. The van der Waals surface area contributed by atoms with Gasteiger partial charge in [0, 0.05) is 12.5 Å². The molecule has 1 heterocycles. The molecule has 0 atom stereocenters. The molecule has 0 N–H and O–H groups in total. The van der Waals surface area contributed by atoms with Gasteiger partial charge in [0.1, 0.15) is 5.82 Å². The average molecular weight is 376 g/mol. The maximum absolute atomic E-state index is 12.7. The second-order valence-electron chi connectivity index (χ2n) is 6.56. The highest BCUT2D eigenvalue weighted by molar-refractivity contribution is 5.93. The van der Waals surface area contributed by atoms with Crippen LogP contribution in [-0.2, 0) is 17.3 Å². The Bertz CT molecular complexity index is 973. The Morgan fingerprint density at radius 1 is 1.15 bits per heavy atom. The van der Waals surface area contributed by atoms with Crippen molar-refractivity contribution < 1.29 is 22.7 Å². The molecule has 0 aliphatic carbocycles. The maximum atomic E-state index is 12.7. The van der Waals surface area contributed by atoms with E-state index in [1.54, 1.807) is 18.2 Å². The largest absolute Gasteiger partial charge is 0.465 e. The average Bonchev–Trinajstić information content (AvgIpc) is 2.97. The van der Waals surface area contributed by atoms with Crippen molar-refractivity contribution in [1.82, 2.24) is 9.55 Å². The normalized spacial score (nSPS) is 12.0. The number of nitrogens with zero attached hydrogens (tertiary/aromatic N) is 2. The second kappa shape index (κ2) is 7.06. The first-order valence-electron chi connectivity index (χ1n) is 8.46. The highest BCUT2D eigenvalue weighted by Crippen LogP contribution is 2.30. The molecule has 0 saturated heterocycles. The summed E-state index contributed by atoms with van der Waals surface area (Å²) in [6.07, 6.45) is -3.97. The van der Waals surface area contributed by atoms with E-state index in [4.69, 9.17) is 4.74 Å². The number of ether oxygens (including phenoxy) is 1. The number of methoxy groups -OCH3 is 1. The molecule has 142 valence electrons. The standard InChI is InChI=1S/C20H19F3N2O2/c1-12(2)25-17-11-14(19(26)27-3)6-9-16(17)24-18(25)10-13-4-7-15(8-5-13)20(21,22)23/h4-9,11-12H,10H2,1-3H3. The molecule has 3 aromatic rings. The first-order chi connectivity index (χ1) is 12.7. The van der Waals surface area contributed by atoms with Gasteiger partial charge in [0.2, 0.25) is 0 Å². The van der Waals surface area contributed by atoms with E-state index >= 15 is 0 Å². The number of benzene rings is 2. The summed E-state index contributed by atoms with van der Waals surface area (Å²) in [5, 5.41) is 0. The Morgan fingerprint density at radius 2 is 1.81 bits per heavy atom. The number of imidazole rings is 1. The predicted molar refractivity (Wildman–Crippen MR) is 95.7 cm³/mol. The van der Waals surface area contributed by atoms with Gasteiger partial charge in [0.05, 0.1) is 29.3 Å². The molecule has 0 aliphatic rings. The van der Waals surface area contributed by atoms with Gasteiger partial charge in [0.25, 0.3) is 0 Å². The monoisotopic (exact) mass is 376 g/mol. The van der Waals surface area contributed by atoms with Crippen molar-refractivity contribution in [2.45, 2.75) is 32.5 Å². The van der Waals surface area contributed by atoms with Gasteiger partial charge in [0.15, 0.2) is 0 Å². The molecule has 7 heteroatoms. The first kappa shape index (κ1) is 18.9. The highest BCUT2D eigenvalue weighted by Gasteiger charge is 2.30. The third-order valence-corrected chi connectivity index (χ3v) is 4.34. The highest BCUT2D eigenvalue weighted by atomic mass is 19.4. The third kappa shape index (κ3) is 3.82. The third-order valence-electron chi connectivity index (χ3n) is 4.34. The van der Waals surface area contributed by atoms with E-state index in [1.807, 2.05) is 18.4 Å². The lowest BCUT2D eigenvalue weighted by Gasteiger charge is -2.14. The summed E-state index contributed by atoms with van der Waals surface area (Å²) in [5.41, 5.74) is 1.99. The molecule has 0 unspecified atom stereocenters. The van der Waals surface area contributed by atoms with Gasteiger partial charge >= 0.3 is 12.1 Å². The summed E-state index contributed by atoms with van der Waals surface area (Å²) in [5.74, 6) is 0.291. The van der Waals surface area contributed by atoms with Gasteiger partial charge < -0.3 is 9.30 Å². The van der Waals surface area contributed by atoms with Gasteiger partial charge in [-0.2, -0.15) is 13.2 Å². The quantitative estimate of drug-likeness (QED) is 0.601. The lowest BCUT2D eigenvalue weighted by Crippen LogP contribution is -2.08. The number of fused-ring (bicyclic) bond motifs is 1. The molecular weight excluding hydrogens is 357 g/mol. The van der Waals surface area contributed by atoms with Crippen molar-refractivity contribution in [2.75, 3.05) is 7.11 Å². The number of carbonyl (C=O) groups is 1. The van der Waals surface area contributed by atoms with Crippen molar-refractivity contribution in [1.29, 1.82) is 0 Å². The van der Waals surface area contributed by atoms with Crippen LogP contribution in [-0.4, -0.2) is 22.6 Å². The van der Waals surface area contributed by atoms with Gasteiger partial charge in [-0.05, 0) is 49.7 Å². The van der Waals surface area contributed by atoms with E-state index in [0.29, 0.717) is 12.0 Å². The number of carbonyl (C=O) groups excluding carboxylic acids is 1. The first-order valence-corrected chi connectivity index (χ1v) is 8.46. The van der Waals surface area contributed by atoms with E-state index in [0.717, 1.165) is 34.6 Å². The van der Waals surface area contributed by atoms with Crippen LogP contribution in [0, 0.1) is 0 Å². The molecule has 0 radical (unpaired) electrons. The van der Waals surface area contributed by atoms with Gasteiger partial charge in [-0.3, -0.25) is 0 Å². The minimum Gasteiger partial charge on any atom is -0.465 e. The number of aromatic nitrogens is 2. The number of hydrogen-bond donors (Lipinski definition) is 0. The van der Waals surface area contributed by atoms with Crippen molar-refractivity contribution in [2.24, 2.45) is 0 Å². The number of esters is 1. The van der Waals surface area contributed by atoms with Crippen molar-refractivity contribution in [3.63, 3.8) is 0 Å². The number of hydrogen-bond acceptors (Lipinski definition) is 3. The molecule has 4 nitrogen and oxygen atoms in total. The summed E-state index contributed by atoms with van der Waals surface area (Å²) in [6.45, 7) is 3.98. The predicted octanol–water partition coefficient (Wildman–Crippen LogP) is 5.01. The lowest BCUT2D eigenvalue weighted by atomic mass is 10.1. The molecule has 27 heavy (non-hydrogen) atoms. The zero-order valence-corrected chi connectivity index (χ0v) is 15.2. The topological polar surface area (TPSA) is 44.1 Å². The Hall–Kier alpha value is -2.83. The molecule has 0 fully saturated rings. The SMILES string of the molecule is COC(=O)c1ccc2nc(Cc3ccc(C(F)(F)F)cc3)n(C(C)C)c2c1. The minimum atomic E-state index is -4.35. The number of halogens is 3. The summed E-state index contributed by atoms with van der Waals surface area (Å²) in [6, 6.07) is 10.3. The van der Waals surface area contributed by atoms with Crippen LogP contribution in [0.15, 0.2) is 42.5 Å². The van der Waals surface area contributed by atoms with Crippen LogP contribution in [0.3, 0.4) is 0 Å². The zero-order valence-electron chi connectivity index (χ0n) is 15.2. The molecule has 0 saturated carbocycles. The molecular formula is C20H19F3N2O2. The van der Waals surface area contributed by atoms with E-state index in [9.17, 15) is 18.0 Å². The summed E-state index contributed by atoms with van der Waals surface area (Å²) in [7, 11) is 1.32. The van der Waals surface area contributed by atoms with Crippen molar-refractivity contribution >= 4 is 17.0 Å². The number of rotatable bonds is 4. The molecule has 0 spiro atoms. The molecule has 0 bridgehead atoms. The summed E-state index contributed by atoms with van der Waals surface area (Å²) in [4.78, 5) is 16.4. The summed E-state index contributed by atoms with van der Waals surface area (Å²) >= 11 is 0. The molecule has 0 amide bonds. The summed E-state index contributed by atoms with van der Waals surface area (Å²) < 4.78 is 45.0. The Kier molecular flexibility index (Phi) is 4.95. The second-order valence-corrected chi connectivity index (χ2v) is 6.56. The van der Waals surface area contributed by atoms with Crippen LogP contribution in [0.1, 0.15) is 47.2 Å². The molecule has 3 rings (SSSR count). The van der Waals surface area contributed by atoms with Crippen LogP contribution in [0.25, 0.3) is 11.0 Å². The fourth-order valence-electron chi connectivity index (χ4n) is 3.08. The fourth-order valence-corrected chi connectivity index (χ4v) is 3.08. The van der Waals surface area contributed by atoms with Crippen molar-refractivity contribution in [3.8, 4) is 0 Å². The Labute approximate surface area is 154 Å². The lowest BCUT2D eigenvalue weighted by molar-refractivity contribution is -0.137. The minimum absolute atomic E-state index is 0.0624.